The van der Waals surface area contributed by atoms with E-state index in [0.29, 0.717) is 12.4 Å². The van der Waals surface area contributed by atoms with Crippen LogP contribution in [0.3, 0.4) is 0 Å². The van der Waals surface area contributed by atoms with Crippen LogP contribution < -0.4 is 10.5 Å². The molecule has 0 radical (unpaired) electrons. The Morgan fingerprint density at radius 2 is 2.10 bits per heavy atom. The van der Waals surface area contributed by atoms with Crippen molar-refractivity contribution in [1.29, 1.82) is 0 Å². The van der Waals surface area contributed by atoms with Gasteiger partial charge in [-0.05, 0) is 24.6 Å². The van der Waals surface area contributed by atoms with E-state index in [2.05, 4.69) is 15.2 Å². The summed E-state index contributed by atoms with van der Waals surface area (Å²) in [6, 6.07) is 7.83. The summed E-state index contributed by atoms with van der Waals surface area (Å²) in [6.45, 7) is 2.61. The van der Waals surface area contributed by atoms with Crippen molar-refractivity contribution < 1.29 is 4.74 Å². The van der Waals surface area contributed by atoms with Crippen molar-refractivity contribution in [2.45, 2.75) is 6.92 Å². The molecule has 2 aromatic heterocycles. The molecule has 3 rings (SSSR count). The molecular formula is C14H14N4OS. The fourth-order valence-corrected chi connectivity index (χ4v) is 2.67. The second-order valence-electron chi connectivity index (χ2n) is 4.18. The van der Waals surface area contributed by atoms with Crippen molar-refractivity contribution in [2.24, 2.45) is 0 Å². The second-order valence-corrected chi connectivity index (χ2v) is 5.07. The third kappa shape index (κ3) is 2.25. The van der Waals surface area contributed by atoms with Crippen LogP contribution in [-0.4, -0.2) is 21.8 Å². The van der Waals surface area contributed by atoms with Gasteiger partial charge in [-0.15, -0.1) is 11.3 Å². The van der Waals surface area contributed by atoms with E-state index < -0.39 is 0 Å². The lowest BCUT2D eigenvalue weighted by Crippen LogP contribution is -1.92. The predicted octanol–water partition coefficient (Wildman–Crippen LogP) is 3.18. The molecule has 0 saturated carbocycles. The van der Waals surface area contributed by atoms with E-state index in [1.54, 1.807) is 23.0 Å². The largest absolute Gasteiger partial charge is 0.494 e. The van der Waals surface area contributed by atoms with E-state index in [9.17, 15) is 0 Å². The summed E-state index contributed by atoms with van der Waals surface area (Å²) in [6.07, 6.45) is 1.80. The number of nitrogen functional groups attached to an aromatic ring is 1. The van der Waals surface area contributed by atoms with Gasteiger partial charge in [-0.2, -0.15) is 5.10 Å². The number of rotatable bonds is 4. The van der Waals surface area contributed by atoms with Gasteiger partial charge in [0.25, 0.3) is 0 Å². The van der Waals surface area contributed by atoms with Gasteiger partial charge in [0.2, 0.25) is 0 Å². The zero-order chi connectivity index (χ0) is 13.9. The lowest BCUT2D eigenvalue weighted by Gasteiger charge is -2.06. The molecule has 0 aliphatic heterocycles. The monoisotopic (exact) mass is 286 g/mol. The number of hydrogen-bond donors (Lipinski definition) is 2. The van der Waals surface area contributed by atoms with Crippen molar-refractivity contribution in [1.82, 2.24) is 15.2 Å². The molecule has 20 heavy (non-hydrogen) atoms. The fourth-order valence-electron chi connectivity index (χ4n) is 2.05. The number of nitrogens with one attached hydrogen (secondary N) is 1. The molecule has 0 unspecified atom stereocenters. The summed E-state index contributed by atoms with van der Waals surface area (Å²) in [5, 5.41) is 7.09. The Hall–Kier alpha value is -2.34. The average Bonchev–Trinajstić information content (AvgIpc) is 3.09. The van der Waals surface area contributed by atoms with E-state index in [-0.39, 0.29) is 0 Å². The van der Waals surface area contributed by atoms with Crippen LogP contribution in [0.2, 0.25) is 0 Å². The highest BCUT2D eigenvalue weighted by molar-refractivity contribution is 7.13. The smallest absolute Gasteiger partial charge is 0.153 e. The molecule has 0 spiro atoms. The SMILES string of the molecule is CCOc1ccc(-c2c(N)n[nH]c2-c2cncs2)cc1. The summed E-state index contributed by atoms with van der Waals surface area (Å²) in [5.41, 5.74) is 10.6. The quantitative estimate of drug-likeness (QED) is 0.772. The van der Waals surface area contributed by atoms with E-state index in [0.717, 1.165) is 27.4 Å². The first-order valence-electron chi connectivity index (χ1n) is 6.25. The van der Waals surface area contributed by atoms with Crippen LogP contribution >= 0.6 is 11.3 Å². The number of nitrogens with zero attached hydrogens (tertiary/aromatic N) is 2. The first-order chi connectivity index (χ1) is 9.79. The first kappa shape index (κ1) is 12.7. The zero-order valence-corrected chi connectivity index (χ0v) is 11.8. The van der Waals surface area contributed by atoms with Gasteiger partial charge in [-0.25, -0.2) is 0 Å². The number of aromatic amines is 1. The van der Waals surface area contributed by atoms with Crippen molar-refractivity contribution in [3.8, 4) is 27.4 Å². The third-order valence-electron chi connectivity index (χ3n) is 2.93. The molecule has 1 aromatic carbocycles. The lowest BCUT2D eigenvalue weighted by atomic mass is 10.0. The van der Waals surface area contributed by atoms with Crippen molar-refractivity contribution in [3.63, 3.8) is 0 Å². The van der Waals surface area contributed by atoms with Gasteiger partial charge in [0.1, 0.15) is 5.75 Å². The zero-order valence-electron chi connectivity index (χ0n) is 11.0. The average molecular weight is 286 g/mol. The predicted molar refractivity (Wildman–Crippen MR) is 80.7 cm³/mol. The molecule has 3 aromatic rings. The number of anilines is 1. The van der Waals surface area contributed by atoms with Gasteiger partial charge in [-0.3, -0.25) is 10.1 Å². The molecule has 0 aliphatic rings. The third-order valence-corrected chi connectivity index (χ3v) is 3.72. The van der Waals surface area contributed by atoms with Crippen LogP contribution in [0.25, 0.3) is 21.7 Å². The Morgan fingerprint density at radius 1 is 1.30 bits per heavy atom. The minimum atomic E-state index is 0.484. The number of thiazole rings is 1. The first-order valence-corrected chi connectivity index (χ1v) is 7.13. The molecule has 0 saturated heterocycles. The van der Waals surface area contributed by atoms with Crippen LogP contribution in [0.5, 0.6) is 5.75 Å². The maximum atomic E-state index is 5.99. The topological polar surface area (TPSA) is 76.8 Å². The van der Waals surface area contributed by atoms with E-state index >= 15 is 0 Å². The summed E-state index contributed by atoms with van der Waals surface area (Å²) >= 11 is 1.55. The Balaban J connectivity index is 2.03. The van der Waals surface area contributed by atoms with Gasteiger partial charge in [0, 0.05) is 6.20 Å². The minimum absolute atomic E-state index is 0.484. The maximum Gasteiger partial charge on any atom is 0.153 e. The summed E-state index contributed by atoms with van der Waals surface area (Å²) < 4.78 is 5.45. The van der Waals surface area contributed by atoms with Crippen LogP contribution in [0, 0.1) is 0 Å². The number of aromatic nitrogens is 3. The van der Waals surface area contributed by atoms with E-state index in [1.807, 2.05) is 31.2 Å². The molecule has 6 heteroatoms. The fraction of sp³-hybridized carbons (Fsp3) is 0.143. The molecule has 3 N–H and O–H groups in total. The number of nitrogens with two attached hydrogens (primary N) is 1. The van der Waals surface area contributed by atoms with Gasteiger partial charge < -0.3 is 10.5 Å². The Kier molecular flexibility index (Phi) is 3.39. The summed E-state index contributed by atoms with van der Waals surface area (Å²) in [4.78, 5) is 5.10. The Labute approximate surface area is 120 Å². The molecular weight excluding hydrogens is 272 g/mol. The lowest BCUT2D eigenvalue weighted by molar-refractivity contribution is 0.340. The van der Waals surface area contributed by atoms with Gasteiger partial charge >= 0.3 is 0 Å². The molecule has 0 amide bonds. The molecule has 0 fully saturated rings. The highest BCUT2D eigenvalue weighted by Gasteiger charge is 2.15. The Bertz CT molecular complexity index is 689. The normalized spacial score (nSPS) is 10.7. The van der Waals surface area contributed by atoms with Crippen molar-refractivity contribution >= 4 is 17.2 Å². The van der Waals surface area contributed by atoms with E-state index in [1.165, 1.54) is 0 Å². The van der Waals surface area contributed by atoms with E-state index in [4.69, 9.17) is 10.5 Å². The van der Waals surface area contributed by atoms with Crippen LogP contribution in [0.1, 0.15) is 6.92 Å². The summed E-state index contributed by atoms with van der Waals surface area (Å²) in [7, 11) is 0. The minimum Gasteiger partial charge on any atom is -0.494 e. The Morgan fingerprint density at radius 3 is 2.75 bits per heavy atom. The number of benzene rings is 1. The van der Waals surface area contributed by atoms with Crippen LogP contribution in [0.15, 0.2) is 36.0 Å². The molecule has 0 bridgehead atoms. The molecule has 0 atom stereocenters. The number of H-pyrrole nitrogens is 1. The maximum absolute atomic E-state index is 5.99. The summed E-state index contributed by atoms with van der Waals surface area (Å²) in [5.74, 6) is 1.33. The number of hydrogen-bond acceptors (Lipinski definition) is 5. The highest BCUT2D eigenvalue weighted by atomic mass is 32.1. The number of ether oxygens (including phenoxy) is 1. The molecule has 2 heterocycles. The van der Waals surface area contributed by atoms with Gasteiger partial charge in [-0.1, -0.05) is 12.1 Å². The van der Waals surface area contributed by atoms with Crippen molar-refractivity contribution in [2.75, 3.05) is 12.3 Å². The van der Waals surface area contributed by atoms with Crippen LogP contribution in [-0.2, 0) is 0 Å². The van der Waals surface area contributed by atoms with Crippen molar-refractivity contribution in [3.05, 3.63) is 36.0 Å². The highest BCUT2D eigenvalue weighted by Crippen LogP contribution is 2.36. The second kappa shape index (κ2) is 5.34. The van der Waals surface area contributed by atoms with Gasteiger partial charge in [0.05, 0.1) is 28.3 Å². The standard InChI is InChI=1S/C14H14N4OS/c1-2-19-10-5-3-9(4-6-10)12-13(17-18-14(12)15)11-7-16-8-20-11/h3-8H,2H2,1H3,(H3,15,17,18). The van der Waals surface area contributed by atoms with Crippen LogP contribution in [0.4, 0.5) is 5.82 Å². The molecule has 102 valence electrons. The molecule has 5 nitrogen and oxygen atoms in total. The van der Waals surface area contributed by atoms with Gasteiger partial charge in [0.15, 0.2) is 5.82 Å². The molecule has 0 aliphatic carbocycles.